The second kappa shape index (κ2) is 97.4. The molecule has 6 rings (SSSR count). The molecule has 4 N–H and O–H groups in total. The maximum atomic E-state index is 11.6. The number of para-hydroxylation sites is 3. The van der Waals surface area contributed by atoms with E-state index in [0.29, 0.717) is 30.2 Å². The zero-order valence-electron chi connectivity index (χ0n) is 69.6. The highest BCUT2D eigenvalue weighted by atomic mass is 16.5. The van der Waals surface area contributed by atoms with Crippen molar-refractivity contribution in [3.05, 3.63) is 205 Å². The molecule has 0 heterocycles. The summed E-state index contributed by atoms with van der Waals surface area (Å²) in [5.74, 6) is 0.699. The molecule has 24 heteroatoms. The molecule has 6 aromatic carbocycles. The van der Waals surface area contributed by atoms with Gasteiger partial charge in [-0.25, -0.2) is 10.2 Å². The number of nitrogens with one attached hydrogen (secondary N) is 4. The van der Waals surface area contributed by atoms with Gasteiger partial charge in [-0.1, -0.05) is 235 Å². The number of carbonyl (C=O) groups excluding carboxylic acids is 4. The van der Waals surface area contributed by atoms with E-state index in [4.69, 9.17) is 30.5 Å². The van der Waals surface area contributed by atoms with Crippen molar-refractivity contribution >= 4 is 89.3 Å². The molecule has 2 amide bonds. The molecule has 0 aliphatic heterocycles. The average Bonchev–Trinajstić information content (AvgIpc) is 0.898. The smallest absolute Gasteiger partial charge is 0.332 e. The Hall–Kier alpha value is -12.7. The molecule has 0 bridgehead atoms. The van der Waals surface area contributed by atoms with E-state index in [9.17, 15) is 19.2 Å². The van der Waals surface area contributed by atoms with E-state index < -0.39 is 0 Å². The van der Waals surface area contributed by atoms with E-state index in [1.54, 1.807) is 167 Å². The van der Waals surface area contributed by atoms with Crippen LogP contribution in [0.2, 0.25) is 0 Å². The zero-order valence-corrected chi connectivity index (χ0v) is 69.6. The Balaban J connectivity index is -0.000000147. The van der Waals surface area contributed by atoms with E-state index in [1.807, 2.05) is 255 Å². The largest absolute Gasteiger partial charge is 0.484 e. The maximum Gasteiger partial charge on any atom is 0.332 e. The molecule has 0 fully saturated rings. The van der Waals surface area contributed by atoms with Crippen LogP contribution in [0.4, 0.5) is 5.69 Å². The number of hydrogen-bond donors (Lipinski definition) is 4. The van der Waals surface area contributed by atoms with Gasteiger partial charge in [0, 0.05) is 62.5 Å². The number of amides is 2. The number of nitriles is 4. The number of ketones is 1. The number of hydrogen-bond acceptors (Lipinski definition) is 22. The summed E-state index contributed by atoms with van der Waals surface area (Å²) in [6.45, 7) is 44.2. The third-order valence-electron chi connectivity index (χ3n) is 10.3. The number of hydrazone groups is 4. The van der Waals surface area contributed by atoms with Crippen molar-refractivity contribution in [3.63, 3.8) is 0 Å². The number of likely N-dealkylation sites (N-methyl/N-ethyl adjacent to an activating group) is 1. The van der Waals surface area contributed by atoms with Gasteiger partial charge in [-0.2, -0.15) is 61.4 Å². The van der Waals surface area contributed by atoms with E-state index in [2.05, 4.69) is 67.1 Å². The van der Waals surface area contributed by atoms with Crippen LogP contribution in [0.3, 0.4) is 0 Å². The van der Waals surface area contributed by atoms with Gasteiger partial charge in [0.15, 0.2) is 12.4 Å². The highest BCUT2D eigenvalue weighted by molar-refractivity contribution is 5.99. The SMILES string of the molecule is C/C=N/NC(=O)COc1ccccc1.C/C=N/NCC(=O)Cc1ccccc1.C/C=N/NCC(=O)N(C)c1ccccc1.C/C=N/NCC(=O)Oc1ccccc1.CC.CC.CC.CC.CC.CC.CC(/C=C/c1ccccc1)=NC#N.CC(=NC#N)c1ccccc1.CC(C)=NC#N.CC(C)=NC#N.CC=NC. The van der Waals surface area contributed by atoms with Crippen LogP contribution < -0.4 is 36.1 Å². The van der Waals surface area contributed by atoms with Crippen molar-refractivity contribution in [2.45, 2.75) is 166 Å². The van der Waals surface area contributed by atoms with Crippen LogP contribution in [0.1, 0.15) is 176 Å². The topological polar surface area (TPSA) is 345 Å². The minimum Gasteiger partial charge on any atom is -0.484 e. The van der Waals surface area contributed by atoms with E-state index in [1.165, 1.54) is 6.21 Å². The second-order valence-corrected chi connectivity index (χ2v) is 18.6. The molecule has 6 aromatic rings. The fraction of sp³-hybridized carbons (Fsp3) is 0.353. The molecule has 0 aromatic heterocycles. The normalized spacial score (nSPS) is 9.15. The fourth-order valence-electron chi connectivity index (χ4n) is 5.84. The Kier molecular flexibility index (Phi) is 103. The van der Waals surface area contributed by atoms with Crippen LogP contribution in [-0.4, -0.2) is 118 Å². The van der Waals surface area contributed by atoms with Crippen LogP contribution >= 0.6 is 0 Å². The monoisotopic (exact) mass is 1500 g/mol. The lowest BCUT2D eigenvalue weighted by atomic mass is 10.1. The summed E-state index contributed by atoms with van der Waals surface area (Å²) in [7, 11) is 3.50. The van der Waals surface area contributed by atoms with Gasteiger partial charge in [-0.3, -0.25) is 19.8 Å². The molecule has 109 heavy (non-hydrogen) atoms. The molecule has 0 atom stereocenters. The first-order valence-corrected chi connectivity index (χ1v) is 35.9. The van der Waals surface area contributed by atoms with Gasteiger partial charge in [0.05, 0.1) is 18.0 Å². The van der Waals surface area contributed by atoms with E-state index in [0.717, 1.165) is 39.5 Å². The van der Waals surface area contributed by atoms with Crippen LogP contribution in [0.15, 0.2) is 233 Å². The molecule has 0 aliphatic carbocycles. The summed E-state index contributed by atoms with van der Waals surface area (Å²) in [6.07, 6.45) is 19.1. The second-order valence-electron chi connectivity index (χ2n) is 18.6. The van der Waals surface area contributed by atoms with Crippen molar-refractivity contribution in [1.29, 1.82) is 21.0 Å². The third-order valence-corrected chi connectivity index (χ3v) is 10.3. The minimum atomic E-state index is -0.359. The molecule has 0 saturated carbocycles. The van der Waals surface area contributed by atoms with Crippen molar-refractivity contribution in [3.8, 4) is 36.3 Å². The Morgan fingerprint density at radius 2 is 0.817 bits per heavy atom. The molecule has 592 valence electrons. The van der Waals surface area contributed by atoms with Gasteiger partial charge in [0.1, 0.15) is 24.6 Å². The van der Waals surface area contributed by atoms with Gasteiger partial charge < -0.3 is 30.2 Å². The van der Waals surface area contributed by atoms with Crippen molar-refractivity contribution in [1.82, 2.24) is 21.7 Å². The Morgan fingerprint density at radius 1 is 0.450 bits per heavy atom. The van der Waals surface area contributed by atoms with Gasteiger partial charge in [0.25, 0.3) is 5.91 Å². The highest BCUT2D eigenvalue weighted by Gasteiger charge is 2.09. The maximum absolute atomic E-state index is 11.6. The quantitative estimate of drug-likeness (QED) is 0.0182. The number of allylic oxidation sites excluding steroid dienone is 1. The van der Waals surface area contributed by atoms with Crippen molar-refractivity contribution in [2.24, 2.45) is 45.4 Å². The molecular formula is C85H126N18O6. The molecule has 0 unspecified atom stereocenters. The molecular weight excluding hydrogens is 1370 g/mol. The number of nitrogens with zero attached hydrogens (tertiary/aromatic N) is 14. The summed E-state index contributed by atoms with van der Waals surface area (Å²) < 4.78 is 10.2. The van der Waals surface area contributed by atoms with Crippen molar-refractivity contribution in [2.75, 3.05) is 45.2 Å². The van der Waals surface area contributed by atoms with E-state index in [-0.39, 0.29) is 43.3 Å². The van der Waals surface area contributed by atoms with Crippen LogP contribution in [0.25, 0.3) is 6.08 Å². The van der Waals surface area contributed by atoms with Crippen molar-refractivity contribution < 1.29 is 28.7 Å². The number of Topliss-reactive ketones (excluding diaryl/α,β-unsaturated/α-hetero) is 1. The average molecular weight is 1500 g/mol. The van der Waals surface area contributed by atoms with Gasteiger partial charge in [-0.05, 0) is 142 Å². The Bertz CT molecular complexity index is 3450. The number of esters is 1. The summed E-state index contributed by atoms with van der Waals surface area (Å²) in [6, 6.07) is 56.8. The van der Waals surface area contributed by atoms with Crippen LogP contribution in [0, 0.1) is 45.8 Å². The first kappa shape index (κ1) is 115. The number of aliphatic imine (C=N–C) groups is 5. The summed E-state index contributed by atoms with van der Waals surface area (Å²) in [5, 5.41) is 46.9. The Labute approximate surface area is 654 Å². The highest BCUT2D eigenvalue weighted by Crippen LogP contribution is 2.11. The summed E-state index contributed by atoms with van der Waals surface area (Å²) >= 11 is 0. The Morgan fingerprint density at radius 3 is 1.20 bits per heavy atom. The molecule has 0 spiro atoms. The molecule has 0 aliphatic rings. The molecule has 0 saturated heterocycles. The van der Waals surface area contributed by atoms with E-state index >= 15 is 0 Å². The standard InChI is InChI=1S/C11H15N3O.C11H14N2O.C11H10N2.2C10H12N2O2.C9H8N2.2C4H6N2.C3H7N.6C2H6/c1-3-12-13-9-11(15)14(2)10-7-5-4-6-8-10;1-2-12-13-9-11(14)8-10-6-4-3-5-7-10;1-10(13-9-12)7-8-11-5-3-2-4-6-11;1-2-11-12-10(13)8-14-9-6-4-3-5-7-9;1-2-11-12-8-10(13)14-9-6-4-3-5-7-9;1-8(11-7-10)9-5-3-2-4-6-9;2*1-4(2)6-3-5;1-3-4-2;6*1-2/h3-8,13H,9H2,1-2H3;2-7,13H,8-9H2,1H3;2-8H,1H3;2-7H,8H2,1H3,(H,12,13);2-7,12H,8H2,1H3;2-6H,1H3;2*1-2H3;3H,1-2H3;6*1-2H3/b12-3+;12-2+;8-7+,13-10?;2*11-2+;;;;;;;;;;. The lowest BCUT2D eigenvalue weighted by molar-refractivity contribution is -0.133. The number of rotatable bonds is 20. The summed E-state index contributed by atoms with van der Waals surface area (Å²) in [5.41, 5.74) is 17.3. The molecule has 0 radical (unpaired) electrons. The fourth-order valence-corrected chi connectivity index (χ4v) is 5.84. The minimum absolute atomic E-state index is 0.0215. The van der Waals surface area contributed by atoms with Gasteiger partial charge >= 0.3 is 5.97 Å². The van der Waals surface area contributed by atoms with Gasteiger partial charge in [0.2, 0.25) is 30.7 Å². The number of ether oxygens (including phenoxy) is 2. The predicted octanol–water partition coefficient (Wildman–Crippen LogP) is 18.4. The van der Waals surface area contributed by atoms with Crippen LogP contribution in [-0.2, 0) is 25.6 Å². The van der Waals surface area contributed by atoms with Gasteiger partial charge in [-0.15, -0.1) is 0 Å². The number of carbonyl (C=O) groups is 4. The van der Waals surface area contributed by atoms with Crippen LogP contribution in [0.5, 0.6) is 11.5 Å². The predicted molar refractivity (Wildman–Crippen MR) is 463 cm³/mol. The lowest BCUT2D eigenvalue weighted by Gasteiger charge is -2.16. The first-order chi connectivity index (χ1) is 52.9. The zero-order chi connectivity index (χ0) is 84.8. The lowest BCUT2D eigenvalue weighted by Crippen LogP contribution is -2.33. The molecule has 24 nitrogen and oxygen atoms in total. The third kappa shape index (κ3) is 87.7. The number of benzene rings is 6. The summed E-state index contributed by atoms with van der Waals surface area (Å²) in [4.78, 5) is 64.2. The first-order valence-electron chi connectivity index (χ1n) is 35.9. The number of anilines is 1.